The van der Waals surface area contributed by atoms with Crippen LogP contribution >= 0.6 is 0 Å². The third-order valence-corrected chi connectivity index (χ3v) is 4.05. The molecule has 2 amide bonds. The van der Waals surface area contributed by atoms with E-state index in [1.165, 1.54) is 12.1 Å². The zero-order valence-electron chi connectivity index (χ0n) is 14.5. The summed E-state index contributed by atoms with van der Waals surface area (Å²) in [5, 5.41) is 5.17. The molecule has 0 aromatic heterocycles. The van der Waals surface area contributed by atoms with Gasteiger partial charge in [-0.25, -0.2) is 4.39 Å². The van der Waals surface area contributed by atoms with E-state index in [2.05, 4.69) is 10.6 Å². The highest BCUT2D eigenvalue weighted by Crippen LogP contribution is 2.14. The van der Waals surface area contributed by atoms with Crippen molar-refractivity contribution >= 4 is 17.5 Å². The number of hydrogen-bond acceptors (Lipinski definition) is 3. The average Bonchev–Trinajstić information content (AvgIpc) is 2.62. The molecule has 0 aliphatic carbocycles. The highest BCUT2D eigenvalue weighted by Gasteiger charge is 2.19. The first-order valence-electron chi connectivity index (χ1n) is 7.99. The topological polar surface area (TPSA) is 61.4 Å². The molecule has 0 spiro atoms. The molecule has 0 aliphatic heterocycles. The van der Waals surface area contributed by atoms with Gasteiger partial charge < -0.3 is 10.6 Å². The van der Waals surface area contributed by atoms with Gasteiger partial charge in [0, 0.05) is 19.2 Å². The minimum atomic E-state index is -0.463. The van der Waals surface area contributed by atoms with Crippen molar-refractivity contribution < 1.29 is 14.0 Å². The second-order valence-electron chi connectivity index (χ2n) is 5.84. The molecule has 0 bridgehead atoms. The predicted octanol–water partition coefficient (Wildman–Crippen LogP) is 2.64. The molecule has 0 saturated heterocycles. The fourth-order valence-corrected chi connectivity index (χ4v) is 2.33. The number of rotatable bonds is 6. The Hall–Kier alpha value is -2.73. The molecule has 0 heterocycles. The van der Waals surface area contributed by atoms with Gasteiger partial charge in [-0.15, -0.1) is 0 Å². The van der Waals surface area contributed by atoms with Crippen molar-refractivity contribution in [3.8, 4) is 0 Å². The number of halogens is 1. The summed E-state index contributed by atoms with van der Waals surface area (Å²) in [6.45, 7) is 2.29. The van der Waals surface area contributed by atoms with Gasteiger partial charge in [0.1, 0.15) is 5.82 Å². The van der Waals surface area contributed by atoms with E-state index in [4.69, 9.17) is 0 Å². The molecule has 0 radical (unpaired) electrons. The highest BCUT2D eigenvalue weighted by molar-refractivity contribution is 5.95. The van der Waals surface area contributed by atoms with E-state index in [1.807, 2.05) is 24.1 Å². The molecule has 6 heteroatoms. The lowest BCUT2D eigenvalue weighted by atomic mass is 10.1. The van der Waals surface area contributed by atoms with Crippen LogP contribution in [0.15, 0.2) is 48.5 Å². The van der Waals surface area contributed by atoms with Crippen molar-refractivity contribution in [2.45, 2.75) is 19.5 Å². The molecule has 5 nitrogen and oxygen atoms in total. The first-order valence-corrected chi connectivity index (χ1v) is 7.99. The van der Waals surface area contributed by atoms with E-state index in [-0.39, 0.29) is 17.5 Å². The van der Waals surface area contributed by atoms with Gasteiger partial charge in [0.15, 0.2) is 0 Å². The summed E-state index contributed by atoms with van der Waals surface area (Å²) in [4.78, 5) is 25.7. The Labute approximate surface area is 146 Å². The van der Waals surface area contributed by atoms with E-state index in [0.717, 1.165) is 5.56 Å². The Bertz CT molecular complexity index is 747. The lowest BCUT2D eigenvalue weighted by Crippen LogP contribution is -2.39. The lowest BCUT2D eigenvalue weighted by molar-refractivity contribution is -0.120. The third kappa shape index (κ3) is 4.87. The van der Waals surface area contributed by atoms with Crippen molar-refractivity contribution in [1.29, 1.82) is 0 Å². The molecule has 0 aliphatic rings. The van der Waals surface area contributed by atoms with Crippen LogP contribution in [0.2, 0.25) is 0 Å². The third-order valence-electron chi connectivity index (χ3n) is 4.05. The van der Waals surface area contributed by atoms with Gasteiger partial charge in [0.25, 0.3) is 5.91 Å². The Balaban J connectivity index is 1.97. The summed E-state index contributed by atoms with van der Waals surface area (Å²) in [7, 11) is 3.40. The average molecular weight is 343 g/mol. The maximum Gasteiger partial charge on any atom is 0.251 e. The number of hydrogen-bond donors (Lipinski definition) is 2. The van der Waals surface area contributed by atoms with Crippen LogP contribution in [0.3, 0.4) is 0 Å². The van der Waals surface area contributed by atoms with Crippen LogP contribution in [0, 0.1) is 5.82 Å². The standard InChI is InChI=1S/C19H22FN3O2/c1-13(18(24)22-17-7-5-4-6-16(17)20)23(3)12-14-8-10-15(11-9-14)19(25)21-2/h4-11,13H,12H2,1-3H3,(H,21,25)(H,22,24)/t13-/m0/s1. The lowest BCUT2D eigenvalue weighted by Gasteiger charge is -2.24. The Morgan fingerprint density at radius 3 is 2.36 bits per heavy atom. The van der Waals surface area contributed by atoms with E-state index in [1.54, 1.807) is 38.2 Å². The fraction of sp³-hybridized carbons (Fsp3) is 0.263. The second-order valence-corrected chi connectivity index (χ2v) is 5.84. The first kappa shape index (κ1) is 18.6. The molecule has 1 atom stereocenters. The maximum atomic E-state index is 13.6. The number of nitrogens with zero attached hydrogens (tertiary/aromatic N) is 1. The van der Waals surface area contributed by atoms with Gasteiger partial charge >= 0.3 is 0 Å². The second kappa shape index (κ2) is 8.39. The van der Waals surface area contributed by atoms with Gasteiger partial charge in [-0.1, -0.05) is 24.3 Å². The van der Waals surface area contributed by atoms with Crippen molar-refractivity contribution in [3.63, 3.8) is 0 Å². The zero-order valence-corrected chi connectivity index (χ0v) is 14.5. The van der Waals surface area contributed by atoms with Gasteiger partial charge in [0.2, 0.25) is 5.91 Å². The summed E-state index contributed by atoms with van der Waals surface area (Å²) in [5.41, 5.74) is 1.72. The summed E-state index contributed by atoms with van der Waals surface area (Å²) in [6, 6.07) is 12.8. The Morgan fingerprint density at radius 1 is 1.12 bits per heavy atom. The van der Waals surface area contributed by atoms with E-state index in [0.29, 0.717) is 12.1 Å². The van der Waals surface area contributed by atoms with Crippen LogP contribution in [0.1, 0.15) is 22.8 Å². The summed E-state index contributed by atoms with van der Waals surface area (Å²) in [5.74, 6) is -0.886. The Morgan fingerprint density at radius 2 is 1.76 bits per heavy atom. The molecule has 0 saturated carbocycles. The van der Waals surface area contributed by atoms with Crippen LogP contribution in [0.5, 0.6) is 0 Å². The van der Waals surface area contributed by atoms with Crippen LogP contribution in [0.4, 0.5) is 10.1 Å². The fourth-order valence-electron chi connectivity index (χ4n) is 2.33. The van der Waals surface area contributed by atoms with Crippen molar-refractivity contribution in [2.24, 2.45) is 0 Å². The van der Waals surface area contributed by atoms with Crippen molar-refractivity contribution in [2.75, 3.05) is 19.4 Å². The SMILES string of the molecule is CNC(=O)c1ccc(CN(C)[C@@H](C)C(=O)Nc2ccccc2F)cc1. The number of amides is 2. The largest absolute Gasteiger partial charge is 0.355 e. The first-order chi connectivity index (χ1) is 11.9. The quantitative estimate of drug-likeness (QED) is 0.848. The number of benzene rings is 2. The molecule has 2 aromatic carbocycles. The van der Waals surface area contributed by atoms with Crippen LogP contribution in [0.25, 0.3) is 0 Å². The van der Waals surface area contributed by atoms with E-state index < -0.39 is 11.9 Å². The Kier molecular flexibility index (Phi) is 6.25. The molecule has 0 fully saturated rings. The zero-order chi connectivity index (χ0) is 18.4. The van der Waals surface area contributed by atoms with Gasteiger partial charge in [0.05, 0.1) is 11.7 Å². The van der Waals surface area contributed by atoms with E-state index >= 15 is 0 Å². The number of para-hydroxylation sites is 1. The molecule has 2 N–H and O–H groups in total. The molecule has 25 heavy (non-hydrogen) atoms. The summed E-state index contributed by atoms with van der Waals surface area (Å²) >= 11 is 0. The number of likely N-dealkylation sites (N-methyl/N-ethyl adjacent to an activating group) is 1. The molecule has 2 rings (SSSR count). The maximum absolute atomic E-state index is 13.6. The van der Waals surface area contributed by atoms with Crippen LogP contribution < -0.4 is 10.6 Å². The normalized spacial score (nSPS) is 11.9. The van der Waals surface area contributed by atoms with E-state index in [9.17, 15) is 14.0 Å². The summed E-state index contributed by atoms with van der Waals surface area (Å²) < 4.78 is 13.6. The minimum Gasteiger partial charge on any atom is -0.355 e. The smallest absolute Gasteiger partial charge is 0.251 e. The van der Waals surface area contributed by atoms with Crippen LogP contribution in [-0.4, -0.2) is 36.9 Å². The molecule has 2 aromatic rings. The van der Waals surface area contributed by atoms with Crippen molar-refractivity contribution in [1.82, 2.24) is 10.2 Å². The minimum absolute atomic E-state index is 0.141. The monoisotopic (exact) mass is 343 g/mol. The molecule has 0 unspecified atom stereocenters. The van der Waals surface area contributed by atoms with Gasteiger partial charge in [-0.05, 0) is 43.8 Å². The van der Waals surface area contributed by atoms with Crippen molar-refractivity contribution in [3.05, 3.63) is 65.5 Å². The number of anilines is 1. The molecular weight excluding hydrogens is 321 g/mol. The van der Waals surface area contributed by atoms with Crippen LogP contribution in [-0.2, 0) is 11.3 Å². The predicted molar refractivity (Wildman–Crippen MR) is 95.8 cm³/mol. The number of carbonyl (C=O) groups is 2. The van der Waals surface area contributed by atoms with Gasteiger partial charge in [-0.2, -0.15) is 0 Å². The molecular formula is C19H22FN3O2. The number of nitrogens with one attached hydrogen (secondary N) is 2. The highest BCUT2D eigenvalue weighted by atomic mass is 19.1. The number of carbonyl (C=O) groups excluding carboxylic acids is 2. The van der Waals surface area contributed by atoms with Gasteiger partial charge in [-0.3, -0.25) is 14.5 Å². The molecule has 132 valence electrons. The summed E-state index contributed by atoms with van der Waals surface area (Å²) in [6.07, 6.45) is 0.